The summed E-state index contributed by atoms with van der Waals surface area (Å²) in [6.07, 6.45) is 1.79. The summed E-state index contributed by atoms with van der Waals surface area (Å²) in [6.45, 7) is 2.46. The lowest BCUT2D eigenvalue weighted by molar-refractivity contribution is 0.548. The summed E-state index contributed by atoms with van der Waals surface area (Å²) in [6, 6.07) is 3.85. The largest absolute Gasteiger partial charge is 0.459 e. The summed E-state index contributed by atoms with van der Waals surface area (Å²) in [7, 11) is 0. The first-order valence-corrected chi connectivity index (χ1v) is 4.83. The third-order valence-electron chi connectivity index (χ3n) is 1.71. The van der Waals surface area contributed by atoms with Crippen LogP contribution in [0.4, 0.5) is 0 Å². The van der Waals surface area contributed by atoms with Crippen LogP contribution in [-0.2, 0) is 6.54 Å². The molecular formula is C9H10N2OS. The van der Waals surface area contributed by atoms with E-state index >= 15 is 0 Å². The summed E-state index contributed by atoms with van der Waals surface area (Å²) in [4.78, 5) is 5.29. The summed E-state index contributed by atoms with van der Waals surface area (Å²) >= 11 is 1.57. The number of furan rings is 1. The Balaban J connectivity index is 2.35. The Labute approximate surface area is 80.2 Å². The number of thiazole rings is 1. The number of nitrogens with zero attached hydrogens (tertiary/aromatic N) is 1. The van der Waals surface area contributed by atoms with Crippen molar-refractivity contribution in [3.05, 3.63) is 29.0 Å². The molecule has 68 valence electrons. The molecule has 3 nitrogen and oxygen atoms in total. The number of aryl methyl sites for hydroxylation is 1. The molecule has 0 radical (unpaired) electrons. The summed E-state index contributed by atoms with van der Waals surface area (Å²) in [5.74, 6) is 1.72. The average Bonchev–Trinajstić information content (AvgIpc) is 2.71. The zero-order chi connectivity index (χ0) is 9.26. The predicted octanol–water partition coefficient (Wildman–Crippen LogP) is 2.17. The first-order valence-electron chi connectivity index (χ1n) is 4.01. The summed E-state index contributed by atoms with van der Waals surface area (Å²) in [5, 5.41) is 0.897. The standard InChI is InChI=1S/C9H10N2OS/c1-6-2-3-8(12-6)9-11-5-7(4-10)13-9/h2-3,5H,4,10H2,1H3. The number of hydrogen-bond acceptors (Lipinski definition) is 4. The van der Waals surface area contributed by atoms with Gasteiger partial charge in [-0.15, -0.1) is 11.3 Å². The van der Waals surface area contributed by atoms with Crippen molar-refractivity contribution in [3.63, 3.8) is 0 Å². The van der Waals surface area contributed by atoms with Crippen molar-refractivity contribution in [2.24, 2.45) is 5.73 Å². The van der Waals surface area contributed by atoms with Crippen molar-refractivity contribution in [2.75, 3.05) is 0 Å². The molecule has 0 amide bonds. The fraction of sp³-hybridized carbons (Fsp3) is 0.222. The first-order chi connectivity index (χ1) is 6.29. The fourth-order valence-electron chi connectivity index (χ4n) is 1.07. The molecule has 2 heterocycles. The number of nitrogens with two attached hydrogens (primary N) is 1. The molecule has 2 aromatic heterocycles. The quantitative estimate of drug-likeness (QED) is 0.797. The molecule has 0 atom stereocenters. The van der Waals surface area contributed by atoms with Gasteiger partial charge >= 0.3 is 0 Å². The van der Waals surface area contributed by atoms with Crippen molar-refractivity contribution in [1.29, 1.82) is 0 Å². The zero-order valence-corrected chi connectivity index (χ0v) is 8.10. The fourth-order valence-corrected chi connectivity index (χ4v) is 1.82. The number of aromatic nitrogens is 1. The van der Waals surface area contributed by atoms with Gasteiger partial charge in [-0.1, -0.05) is 0 Å². The lowest BCUT2D eigenvalue weighted by Gasteiger charge is -1.87. The third kappa shape index (κ3) is 1.64. The van der Waals surface area contributed by atoms with Gasteiger partial charge in [-0.3, -0.25) is 0 Å². The number of rotatable bonds is 2. The van der Waals surface area contributed by atoms with Gasteiger partial charge in [-0.2, -0.15) is 0 Å². The molecule has 2 rings (SSSR count). The Morgan fingerprint density at radius 3 is 2.92 bits per heavy atom. The maximum Gasteiger partial charge on any atom is 0.162 e. The summed E-state index contributed by atoms with van der Waals surface area (Å²) in [5.41, 5.74) is 5.49. The molecule has 13 heavy (non-hydrogen) atoms. The van der Waals surface area contributed by atoms with E-state index < -0.39 is 0 Å². The maximum atomic E-state index is 5.49. The zero-order valence-electron chi connectivity index (χ0n) is 7.28. The van der Waals surface area contributed by atoms with Crippen LogP contribution in [0.5, 0.6) is 0 Å². The van der Waals surface area contributed by atoms with Gasteiger partial charge in [0.15, 0.2) is 10.8 Å². The van der Waals surface area contributed by atoms with Gasteiger partial charge in [0.2, 0.25) is 0 Å². The molecule has 4 heteroatoms. The smallest absolute Gasteiger partial charge is 0.162 e. The van der Waals surface area contributed by atoms with Gasteiger partial charge in [0, 0.05) is 17.6 Å². The maximum absolute atomic E-state index is 5.49. The van der Waals surface area contributed by atoms with Gasteiger partial charge in [0.25, 0.3) is 0 Å². The van der Waals surface area contributed by atoms with Gasteiger partial charge in [0.05, 0.1) is 0 Å². The lowest BCUT2D eigenvalue weighted by atomic mass is 10.4. The Morgan fingerprint density at radius 2 is 2.38 bits per heavy atom. The van der Waals surface area contributed by atoms with Crippen molar-refractivity contribution in [2.45, 2.75) is 13.5 Å². The van der Waals surface area contributed by atoms with Crippen LogP contribution >= 0.6 is 11.3 Å². The van der Waals surface area contributed by atoms with Crippen molar-refractivity contribution < 1.29 is 4.42 Å². The second-order valence-electron chi connectivity index (χ2n) is 2.75. The minimum atomic E-state index is 0.539. The molecular weight excluding hydrogens is 184 g/mol. The van der Waals surface area contributed by atoms with E-state index in [1.54, 1.807) is 17.5 Å². The van der Waals surface area contributed by atoms with Crippen LogP contribution in [0, 0.1) is 6.92 Å². The molecule has 0 aliphatic rings. The van der Waals surface area contributed by atoms with Crippen LogP contribution in [0.2, 0.25) is 0 Å². The molecule has 0 aliphatic heterocycles. The van der Waals surface area contributed by atoms with E-state index in [2.05, 4.69) is 4.98 Å². The van der Waals surface area contributed by atoms with Gasteiger partial charge in [-0.25, -0.2) is 4.98 Å². The van der Waals surface area contributed by atoms with Crippen LogP contribution in [0.1, 0.15) is 10.6 Å². The molecule has 0 fully saturated rings. The predicted molar refractivity (Wildman–Crippen MR) is 52.4 cm³/mol. The van der Waals surface area contributed by atoms with Gasteiger partial charge in [-0.05, 0) is 19.1 Å². The van der Waals surface area contributed by atoms with E-state index in [1.165, 1.54) is 0 Å². The second-order valence-corrected chi connectivity index (χ2v) is 3.86. The highest BCUT2D eigenvalue weighted by molar-refractivity contribution is 7.14. The molecule has 2 N–H and O–H groups in total. The van der Waals surface area contributed by atoms with Crippen LogP contribution in [0.3, 0.4) is 0 Å². The van der Waals surface area contributed by atoms with Crippen LogP contribution in [0.15, 0.2) is 22.7 Å². The molecule has 0 saturated heterocycles. The van der Waals surface area contributed by atoms with Crippen molar-refractivity contribution in [1.82, 2.24) is 4.98 Å². The SMILES string of the molecule is Cc1ccc(-c2ncc(CN)s2)o1. The van der Waals surface area contributed by atoms with Crippen molar-refractivity contribution in [3.8, 4) is 10.8 Å². The van der Waals surface area contributed by atoms with E-state index in [-0.39, 0.29) is 0 Å². The van der Waals surface area contributed by atoms with Crippen molar-refractivity contribution >= 4 is 11.3 Å². The Kier molecular flexibility index (Phi) is 2.16. The van der Waals surface area contributed by atoms with Crippen LogP contribution in [-0.4, -0.2) is 4.98 Å². The monoisotopic (exact) mass is 194 g/mol. The topological polar surface area (TPSA) is 52.0 Å². The average molecular weight is 194 g/mol. The molecule has 2 aromatic rings. The van der Waals surface area contributed by atoms with Gasteiger partial charge < -0.3 is 10.2 Å². The molecule has 0 bridgehead atoms. The number of hydrogen-bond donors (Lipinski definition) is 1. The third-order valence-corrected chi connectivity index (χ3v) is 2.74. The van der Waals surface area contributed by atoms with Gasteiger partial charge in [0.1, 0.15) is 5.76 Å². The summed E-state index contributed by atoms with van der Waals surface area (Å²) < 4.78 is 5.43. The normalized spacial score (nSPS) is 10.6. The molecule has 0 aromatic carbocycles. The van der Waals surface area contributed by atoms with E-state index in [0.29, 0.717) is 6.54 Å². The Hall–Kier alpha value is -1.13. The Morgan fingerprint density at radius 1 is 1.54 bits per heavy atom. The molecule has 0 unspecified atom stereocenters. The molecule has 0 aliphatic carbocycles. The minimum absolute atomic E-state index is 0.539. The highest BCUT2D eigenvalue weighted by Gasteiger charge is 2.06. The molecule has 0 spiro atoms. The van der Waals surface area contributed by atoms with E-state index in [4.69, 9.17) is 10.2 Å². The Bertz CT molecular complexity index is 405. The van der Waals surface area contributed by atoms with E-state index in [1.807, 2.05) is 19.1 Å². The van der Waals surface area contributed by atoms with E-state index in [9.17, 15) is 0 Å². The highest BCUT2D eigenvalue weighted by atomic mass is 32.1. The first kappa shape index (κ1) is 8.47. The minimum Gasteiger partial charge on any atom is -0.459 e. The van der Waals surface area contributed by atoms with Crippen LogP contribution in [0.25, 0.3) is 10.8 Å². The van der Waals surface area contributed by atoms with Crippen LogP contribution < -0.4 is 5.73 Å². The molecule has 0 saturated carbocycles. The highest BCUT2D eigenvalue weighted by Crippen LogP contribution is 2.26. The second kappa shape index (κ2) is 3.32. The lowest BCUT2D eigenvalue weighted by Crippen LogP contribution is -1.91. The van der Waals surface area contributed by atoms with E-state index in [0.717, 1.165) is 21.4 Å².